The van der Waals surface area contributed by atoms with E-state index in [-0.39, 0.29) is 0 Å². The molecule has 0 bridgehead atoms. The van der Waals surface area contributed by atoms with Gasteiger partial charge in [0.15, 0.2) is 0 Å². The van der Waals surface area contributed by atoms with Gasteiger partial charge in [-0.15, -0.1) is 6.58 Å². The maximum Gasteiger partial charge on any atom is 0.0651 e. The van der Waals surface area contributed by atoms with Gasteiger partial charge in [0.25, 0.3) is 0 Å². The molecule has 120 valence electrons. The molecule has 0 aliphatic heterocycles. The van der Waals surface area contributed by atoms with Crippen molar-refractivity contribution in [3.05, 3.63) is 24.8 Å². The second-order valence-corrected chi connectivity index (χ2v) is 7.09. The molecule has 1 heteroatoms. The molecule has 0 aromatic heterocycles. The third-order valence-electron chi connectivity index (χ3n) is 5.72. The van der Waals surface area contributed by atoms with E-state index in [2.05, 4.69) is 31.7 Å². The predicted octanol–water partition coefficient (Wildman–Crippen LogP) is 5.91. The Morgan fingerprint density at radius 3 is 2.14 bits per heavy atom. The summed E-state index contributed by atoms with van der Waals surface area (Å²) in [6, 6.07) is 0. The molecule has 2 fully saturated rings. The van der Waals surface area contributed by atoms with Gasteiger partial charge in [-0.25, -0.2) is 0 Å². The Balaban J connectivity index is 1.63. The minimum absolute atomic E-state index is 0.529. The van der Waals surface area contributed by atoms with Crippen LogP contribution < -0.4 is 0 Å². The molecule has 2 aliphatic carbocycles. The second kappa shape index (κ2) is 9.46. The maximum absolute atomic E-state index is 5.92. The fourth-order valence-electron chi connectivity index (χ4n) is 4.32. The van der Waals surface area contributed by atoms with E-state index in [0.29, 0.717) is 6.10 Å². The average molecular weight is 290 g/mol. The van der Waals surface area contributed by atoms with Crippen LogP contribution in [-0.2, 0) is 4.74 Å². The summed E-state index contributed by atoms with van der Waals surface area (Å²) < 4.78 is 5.92. The third kappa shape index (κ3) is 5.62. The van der Waals surface area contributed by atoms with Crippen molar-refractivity contribution in [1.29, 1.82) is 0 Å². The van der Waals surface area contributed by atoms with E-state index in [1.807, 2.05) is 0 Å². The lowest BCUT2D eigenvalue weighted by Crippen LogP contribution is -2.28. The lowest BCUT2D eigenvalue weighted by atomic mass is 9.70. The minimum atomic E-state index is 0.529. The van der Waals surface area contributed by atoms with Crippen LogP contribution in [0.2, 0.25) is 0 Å². The predicted molar refractivity (Wildman–Crippen MR) is 91.4 cm³/mol. The molecular weight excluding hydrogens is 256 g/mol. The summed E-state index contributed by atoms with van der Waals surface area (Å²) in [5.74, 6) is 2.99. The fraction of sp³-hybridized carbons (Fsp3) is 0.800. The molecule has 2 saturated carbocycles. The molecule has 0 radical (unpaired) electrons. The molecule has 2 aliphatic rings. The normalized spacial score (nSPS) is 34.1. The van der Waals surface area contributed by atoms with Crippen LogP contribution in [0.4, 0.5) is 0 Å². The van der Waals surface area contributed by atoms with Gasteiger partial charge in [-0.2, -0.15) is 0 Å². The lowest BCUT2D eigenvalue weighted by Gasteiger charge is -2.37. The van der Waals surface area contributed by atoms with Crippen LogP contribution in [-0.4, -0.2) is 12.7 Å². The van der Waals surface area contributed by atoms with Crippen molar-refractivity contribution >= 4 is 0 Å². The van der Waals surface area contributed by atoms with Crippen molar-refractivity contribution in [3.8, 4) is 0 Å². The van der Waals surface area contributed by atoms with Gasteiger partial charge in [0.2, 0.25) is 0 Å². The summed E-state index contributed by atoms with van der Waals surface area (Å²) in [6.07, 6.45) is 20.7. The van der Waals surface area contributed by atoms with Gasteiger partial charge in [0.05, 0.1) is 12.7 Å². The molecule has 0 amide bonds. The van der Waals surface area contributed by atoms with Gasteiger partial charge < -0.3 is 4.74 Å². The van der Waals surface area contributed by atoms with Crippen molar-refractivity contribution in [1.82, 2.24) is 0 Å². The van der Waals surface area contributed by atoms with Crippen molar-refractivity contribution in [3.63, 3.8) is 0 Å². The van der Waals surface area contributed by atoms with Crippen LogP contribution in [0.5, 0.6) is 0 Å². The van der Waals surface area contributed by atoms with Crippen molar-refractivity contribution in [2.24, 2.45) is 17.8 Å². The van der Waals surface area contributed by atoms with Gasteiger partial charge in [-0.1, -0.05) is 31.1 Å². The largest absolute Gasteiger partial charge is 0.374 e. The molecule has 0 aromatic carbocycles. The van der Waals surface area contributed by atoms with E-state index in [0.717, 1.165) is 24.4 Å². The Bertz CT molecular complexity index is 304. The molecule has 0 saturated heterocycles. The Hall–Kier alpha value is -0.560. The van der Waals surface area contributed by atoms with Crippen LogP contribution in [0, 0.1) is 17.8 Å². The first-order chi connectivity index (χ1) is 10.3. The van der Waals surface area contributed by atoms with Crippen LogP contribution >= 0.6 is 0 Å². The number of rotatable bonds is 7. The standard InChI is InChI=1S/C20H34O/c1-3-5-7-17-8-10-18(11-9-17)19-12-14-20(15-13-19)21-16-6-4-2/h3-4,6,17-20H,1,5,7-16H2,2H3/b6-4+. The first-order valence-corrected chi connectivity index (χ1v) is 9.17. The molecule has 21 heavy (non-hydrogen) atoms. The molecule has 2 rings (SSSR count). The van der Waals surface area contributed by atoms with E-state index in [1.54, 1.807) is 0 Å². The molecule has 0 spiro atoms. The van der Waals surface area contributed by atoms with Crippen LogP contribution in [0.3, 0.4) is 0 Å². The minimum Gasteiger partial charge on any atom is -0.374 e. The zero-order valence-electron chi connectivity index (χ0n) is 13.9. The van der Waals surface area contributed by atoms with Gasteiger partial charge in [0.1, 0.15) is 0 Å². The quantitative estimate of drug-likeness (QED) is 0.529. The summed E-state index contributed by atoms with van der Waals surface area (Å²) in [7, 11) is 0. The van der Waals surface area contributed by atoms with E-state index in [1.165, 1.54) is 64.2 Å². The van der Waals surface area contributed by atoms with E-state index >= 15 is 0 Å². The zero-order chi connectivity index (χ0) is 14.9. The Labute approximate surface area is 131 Å². The lowest BCUT2D eigenvalue weighted by molar-refractivity contribution is 0.0210. The summed E-state index contributed by atoms with van der Waals surface area (Å²) >= 11 is 0. The molecule has 0 heterocycles. The van der Waals surface area contributed by atoms with Gasteiger partial charge in [-0.05, 0) is 76.0 Å². The summed E-state index contributed by atoms with van der Waals surface area (Å²) in [6.45, 7) is 6.72. The number of hydrogen-bond donors (Lipinski definition) is 0. The number of hydrogen-bond acceptors (Lipinski definition) is 1. The van der Waals surface area contributed by atoms with Crippen LogP contribution in [0.1, 0.15) is 71.1 Å². The summed E-state index contributed by atoms with van der Waals surface area (Å²) in [5, 5.41) is 0. The Morgan fingerprint density at radius 2 is 1.57 bits per heavy atom. The van der Waals surface area contributed by atoms with E-state index in [4.69, 9.17) is 4.74 Å². The SMILES string of the molecule is C=CCCC1CCC(C2CCC(OC/C=C/C)CC2)CC1. The van der Waals surface area contributed by atoms with Crippen LogP contribution in [0.25, 0.3) is 0 Å². The van der Waals surface area contributed by atoms with Crippen LogP contribution in [0.15, 0.2) is 24.8 Å². The maximum atomic E-state index is 5.92. The first kappa shape index (κ1) is 16.8. The Kier molecular flexibility index (Phi) is 7.57. The zero-order valence-corrected chi connectivity index (χ0v) is 13.9. The molecule has 1 nitrogen and oxygen atoms in total. The highest BCUT2D eigenvalue weighted by Crippen LogP contribution is 2.41. The number of ether oxygens (including phenoxy) is 1. The summed E-state index contributed by atoms with van der Waals surface area (Å²) in [5.41, 5.74) is 0. The van der Waals surface area contributed by atoms with Crippen molar-refractivity contribution in [2.45, 2.75) is 77.2 Å². The smallest absolute Gasteiger partial charge is 0.0651 e. The monoisotopic (exact) mass is 290 g/mol. The highest BCUT2D eigenvalue weighted by Gasteiger charge is 2.30. The third-order valence-corrected chi connectivity index (χ3v) is 5.72. The van der Waals surface area contributed by atoms with Gasteiger partial charge >= 0.3 is 0 Å². The van der Waals surface area contributed by atoms with Gasteiger partial charge in [-0.3, -0.25) is 0 Å². The van der Waals surface area contributed by atoms with Gasteiger partial charge in [0, 0.05) is 0 Å². The molecule has 0 aromatic rings. The molecular formula is C20H34O. The topological polar surface area (TPSA) is 9.23 Å². The molecule has 0 N–H and O–H groups in total. The highest BCUT2D eigenvalue weighted by molar-refractivity contribution is 4.84. The van der Waals surface area contributed by atoms with Crippen molar-refractivity contribution < 1.29 is 4.74 Å². The Morgan fingerprint density at radius 1 is 0.952 bits per heavy atom. The molecule has 0 atom stereocenters. The first-order valence-electron chi connectivity index (χ1n) is 9.17. The van der Waals surface area contributed by atoms with Crippen molar-refractivity contribution in [2.75, 3.05) is 6.61 Å². The second-order valence-electron chi connectivity index (χ2n) is 7.09. The fourth-order valence-corrected chi connectivity index (χ4v) is 4.32. The van der Waals surface area contributed by atoms with E-state index < -0.39 is 0 Å². The van der Waals surface area contributed by atoms with E-state index in [9.17, 15) is 0 Å². The summed E-state index contributed by atoms with van der Waals surface area (Å²) in [4.78, 5) is 0. The average Bonchev–Trinajstić information content (AvgIpc) is 2.54. The highest BCUT2D eigenvalue weighted by atomic mass is 16.5. The number of allylic oxidation sites excluding steroid dienone is 2. The molecule has 0 unspecified atom stereocenters.